The Morgan fingerprint density at radius 1 is 1.12 bits per heavy atom. The topological polar surface area (TPSA) is 88.0 Å². The highest BCUT2D eigenvalue weighted by atomic mass is 35.5. The number of hydrogen-bond acceptors (Lipinski definition) is 7. The third-order valence-electron chi connectivity index (χ3n) is 9.25. The number of ether oxygens (including phenoxy) is 2. The van der Waals surface area contributed by atoms with Gasteiger partial charge in [-0.3, -0.25) is 14.6 Å². The van der Waals surface area contributed by atoms with E-state index in [1.54, 1.807) is 31.2 Å². The van der Waals surface area contributed by atoms with Crippen LogP contribution in [0.15, 0.2) is 48.8 Å². The van der Waals surface area contributed by atoms with Gasteiger partial charge < -0.3 is 14.6 Å². The van der Waals surface area contributed by atoms with Crippen LogP contribution in [-0.4, -0.2) is 75.9 Å². The normalized spacial score (nSPS) is 23.6. The number of likely N-dealkylation sites (tertiary alicyclic amines) is 1. The van der Waals surface area contributed by atoms with Gasteiger partial charge in [0.2, 0.25) is 0 Å². The Balaban J connectivity index is 1.45. The van der Waals surface area contributed by atoms with E-state index in [1.165, 1.54) is 30.5 Å². The molecular formula is C31H32Cl2F2N4O4. The molecule has 1 unspecified atom stereocenters. The van der Waals surface area contributed by atoms with Gasteiger partial charge in [0, 0.05) is 43.2 Å². The number of nitrogens with zero attached hydrogens (tertiary/aromatic N) is 4. The second-order valence-corrected chi connectivity index (χ2v) is 12.2. The van der Waals surface area contributed by atoms with Gasteiger partial charge in [-0.05, 0) is 49.1 Å². The van der Waals surface area contributed by atoms with Gasteiger partial charge in [0.1, 0.15) is 22.9 Å². The zero-order valence-corrected chi connectivity index (χ0v) is 25.3. The molecule has 1 aromatic heterocycles. The molecule has 2 saturated heterocycles. The van der Waals surface area contributed by atoms with Crippen molar-refractivity contribution < 1.29 is 28.2 Å². The van der Waals surface area contributed by atoms with Gasteiger partial charge in [-0.1, -0.05) is 42.3 Å². The quantitative estimate of drug-likeness (QED) is 0.364. The summed E-state index contributed by atoms with van der Waals surface area (Å²) in [6, 6.07) is 9.33. The molecule has 3 aliphatic rings. The minimum absolute atomic E-state index is 0.00762. The summed E-state index contributed by atoms with van der Waals surface area (Å²) < 4.78 is 44.6. The average Bonchev–Trinajstić information content (AvgIpc) is 3.22. The molecule has 43 heavy (non-hydrogen) atoms. The Morgan fingerprint density at radius 2 is 1.77 bits per heavy atom. The number of carbonyl (C=O) groups is 1. The van der Waals surface area contributed by atoms with E-state index in [1.807, 2.05) is 0 Å². The molecular weight excluding hydrogens is 601 g/mol. The van der Waals surface area contributed by atoms with Gasteiger partial charge in [0.25, 0.3) is 5.91 Å². The van der Waals surface area contributed by atoms with Crippen LogP contribution in [0.25, 0.3) is 0 Å². The number of piperidine rings is 1. The first-order valence-electron chi connectivity index (χ1n) is 14.2. The van der Waals surface area contributed by atoms with Crippen molar-refractivity contribution in [1.82, 2.24) is 19.8 Å². The molecule has 12 heteroatoms. The van der Waals surface area contributed by atoms with Gasteiger partial charge in [0.05, 0.1) is 41.9 Å². The number of aromatic nitrogens is 2. The fourth-order valence-corrected chi connectivity index (χ4v) is 6.93. The van der Waals surface area contributed by atoms with Crippen LogP contribution in [0.2, 0.25) is 10.0 Å². The largest absolute Gasteiger partial charge is 0.382 e. The first kappa shape index (κ1) is 30.3. The molecule has 4 heterocycles. The number of aliphatic hydroxyl groups is 1. The van der Waals surface area contributed by atoms with E-state index in [2.05, 4.69) is 14.9 Å². The number of rotatable bonds is 8. The average molecular weight is 634 g/mol. The number of hydrogen-bond donors (Lipinski definition) is 1. The molecule has 2 fully saturated rings. The van der Waals surface area contributed by atoms with Crippen molar-refractivity contribution in [3.8, 4) is 0 Å². The summed E-state index contributed by atoms with van der Waals surface area (Å²) in [5.41, 5.74) is -5.44. The second-order valence-electron chi connectivity index (χ2n) is 11.4. The SMILES string of the molecule is CCC(O)(c1cc(F)c2c(c1)C(=O)N(Cc1ncc(Cl)cn1)[C@@]2(OC)c1ccc(Cl)cc1)C1(F)CCN(C2COC2)CC1. The fraction of sp³-hybridized carbons (Fsp3) is 0.452. The number of alkyl halides is 1. The molecule has 2 atom stereocenters. The van der Waals surface area contributed by atoms with Crippen molar-refractivity contribution in [2.24, 2.45) is 0 Å². The van der Waals surface area contributed by atoms with E-state index in [0.717, 1.165) is 6.07 Å². The fourth-order valence-electron chi connectivity index (χ4n) is 6.70. The standard InChI is InChI=1S/C31H32Cl2F2N4O4/c1-3-30(41,29(35)8-10-38(11-9-29)23-17-43-18-23)20-12-24-27(25(34)13-20)31(42-2,19-4-6-21(32)7-5-19)39(28(24)40)16-26-36-14-22(33)15-37-26/h4-7,12-15,23,41H,3,8-11,16-18H2,1-2H3/t30?,31-/m1/s1. The minimum atomic E-state index is -2.03. The maximum atomic E-state index is 16.8. The monoisotopic (exact) mass is 632 g/mol. The van der Waals surface area contributed by atoms with Crippen molar-refractivity contribution in [2.75, 3.05) is 33.4 Å². The smallest absolute Gasteiger partial charge is 0.257 e. The molecule has 1 N–H and O–H groups in total. The summed E-state index contributed by atoms with van der Waals surface area (Å²) in [6.45, 7) is 3.62. The van der Waals surface area contributed by atoms with Gasteiger partial charge >= 0.3 is 0 Å². The molecule has 8 nitrogen and oxygen atoms in total. The number of amides is 1. The first-order chi connectivity index (χ1) is 20.6. The molecule has 0 spiro atoms. The minimum Gasteiger partial charge on any atom is -0.382 e. The lowest BCUT2D eigenvalue weighted by molar-refractivity contribution is -0.154. The van der Waals surface area contributed by atoms with Gasteiger partial charge in [-0.2, -0.15) is 0 Å². The van der Waals surface area contributed by atoms with Crippen molar-refractivity contribution in [3.05, 3.63) is 92.7 Å². The van der Waals surface area contributed by atoms with Crippen LogP contribution in [-0.2, 0) is 27.3 Å². The van der Waals surface area contributed by atoms with Crippen LogP contribution < -0.4 is 0 Å². The number of halogens is 4. The zero-order valence-electron chi connectivity index (χ0n) is 23.8. The Labute approximate surface area is 258 Å². The Hall–Kier alpha value is -2.73. The molecule has 228 valence electrons. The van der Waals surface area contributed by atoms with Gasteiger partial charge in [0.15, 0.2) is 5.72 Å². The van der Waals surface area contributed by atoms with E-state index >= 15 is 8.78 Å². The molecule has 0 radical (unpaired) electrons. The van der Waals surface area contributed by atoms with E-state index in [0.29, 0.717) is 41.9 Å². The highest BCUT2D eigenvalue weighted by Gasteiger charge is 2.57. The Morgan fingerprint density at radius 3 is 2.33 bits per heavy atom. The molecule has 3 aliphatic heterocycles. The molecule has 0 bridgehead atoms. The van der Waals surface area contributed by atoms with Crippen LogP contribution >= 0.6 is 23.2 Å². The van der Waals surface area contributed by atoms with Crippen LogP contribution in [0, 0.1) is 5.82 Å². The summed E-state index contributed by atoms with van der Waals surface area (Å²) in [6.07, 6.45) is 2.91. The maximum Gasteiger partial charge on any atom is 0.257 e. The summed E-state index contributed by atoms with van der Waals surface area (Å²) in [5, 5.41) is 12.7. The summed E-state index contributed by atoms with van der Waals surface area (Å²) in [5.74, 6) is -1.15. The van der Waals surface area contributed by atoms with Crippen LogP contribution in [0.1, 0.15) is 59.1 Å². The van der Waals surface area contributed by atoms with E-state index < -0.39 is 28.7 Å². The van der Waals surface area contributed by atoms with Crippen molar-refractivity contribution in [1.29, 1.82) is 0 Å². The van der Waals surface area contributed by atoms with Crippen LogP contribution in [0.5, 0.6) is 0 Å². The predicted octanol–water partition coefficient (Wildman–Crippen LogP) is 5.23. The lowest BCUT2D eigenvalue weighted by atomic mass is 9.71. The number of methoxy groups -OCH3 is 1. The van der Waals surface area contributed by atoms with Gasteiger partial charge in [-0.25, -0.2) is 18.7 Å². The number of carbonyl (C=O) groups excluding carboxylic acids is 1. The summed E-state index contributed by atoms with van der Waals surface area (Å²) in [7, 11) is 1.37. The van der Waals surface area contributed by atoms with Crippen LogP contribution in [0.3, 0.4) is 0 Å². The number of fused-ring (bicyclic) bond motifs is 1. The summed E-state index contributed by atoms with van der Waals surface area (Å²) >= 11 is 12.1. The second kappa shape index (κ2) is 11.3. The molecule has 3 aromatic rings. The zero-order chi connectivity index (χ0) is 30.6. The van der Waals surface area contributed by atoms with Crippen molar-refractivity contribution in [2.45, 2.75) is 55.8 Å². The molecule has 0 saturated carbocycles. The molecule has 0 aliphatic carbocycles. The third-order valence-corrected chi connectivity index (χ3v) is 9.69. The first-order valence-corrected chi connectivity index (χ1v) is 15.0. The lowest BCUT2D eigenvalue weighted by Crippen LogP contribution is -2.59. The lowest BCUT2D eigenvalue weighted by Gasteiger charge is -2.49. The predicted molar refractivity (Wildman–Crippen MR) is 156 cm³/mol. The van der Waals surface area contributed by atoms with Gasteiger partial charge in [-0.15, -0.1) is 0 Å². The van der Waals surface area contributed by atoms with E-state index in [9.17, 15) is 9.90 Å². The van der Waals surface area contributed by atoms with Crippen molar-refractivity contribution >= 4 is 29.1 Å². The maximum absolute atomic E-state index is 16.8. The van der Waals surface area contributed by atoms with E-state index in [4.69, 9.17) is 32.7 Å². The highest BCUT2D eigenvalue weighted by Crippen LogP contribution is 2.51. The highest BCUT2D eigenvalue weighted by molar-refractivity contribution is 6.30. The molecule has 1 amide bonds. The van der Waals surface area contributed by atoms with Crippen LogP contribution in [0.4, 0.5) is 8.78 Å². The Kier molecular flexibility index (Phi) is 7.98. The molecule has 6 rings (SSSR count). The Bertz CT molecular complexity index is 1520. The van der Waals surface area contributed by atoms with E-state index in [-0.39, 0.29) is 54.4 Å². The van der Waals surface area contributed by atoms with Crippen molar-refractivity contribution in [3.63, 3.8) is 0 Å². The third kappa shape index (κ3) is 4.83. The number of benzene rings is 2. The summed E-state index contributed by atoms with van der Waals surface area (Å²) in [4.78, 5) is 26.1. The molecule has 2 aromatic carbocycles.